The first kappa shape index (κ1) is 9.46. The largest absolute Gasteiger partial charge is 0.508 e. The van der Waals surface area contributed by atoms with E-state index in [4.69, 9.17) is 0 Å². The molecular formula is C11H13NOS. The molecule has 1 heterocycles. The Bertz CT molecular complexity index is 468. The van der Waals surface area contributed by atoms with Crippen LogP contribution in [0.25, 0.3) is 10.2 Å². The molecule has 0 saturated carbocycles. The second-order valence-electron chi connectivity index (χ2n) is 4.42. The van der Waals surface area contributed by atoms with Gasteiger partial charge in [0.1, 0.15) is 5.75 Å². The molecule has 2 rings (SSSR count). The monoisotopic (exact) mass is 207 g/mol. The lowest BCUT2D eigenvalue weighted by Crippen LogP contribution is -2.09. The molecule has 14 heavy (non-hydrogen) atoms. The Balaban J connectivity index is 2.63. The highest BCUT2D eigenvalue weighted by Gasteiger charge is 2.18. The van der Waals surface area contributed by atoms with E-state index in [-0.39, 0.29) is 5.41 Å². The molecule has 1 aromatic carbocycles. The summed E-state index contributed by atoms with van der Waals surface area (Å²) in [5, 5.41) is 10.4. The van der Waals surface area contributed by atoms with Gasteiger partial charge in [-0.05, 0) is 18.2 Å². The SMILES string of the molecule is CC(C)(C)c1nc2ccc(O)cc2s1. The van der Waals surface area contributed by atoms with Crippen LogP contribution in [0.2, 0.25) is 0 Å². The zero-order valence-corrected chi connectivity index (χ0v) is 9.35. The molecule has 0 bridgehead atoms. The number of phenols is 1. The maximum absolute atomic E-state index is 9.32. The van der Waals surface area contributed by atoms with Gasteiger partial charge in [0.25, 0.3) is 0 Å². The van der Waals surface area contributed by atoms with Crippen LogP contribution in [0.3, 0.4) is 0 Å². The van der Waals surface area contributed by atoms with Crippen molar-refractivity contribution in [3.05, 3.63) is 23.2 Å². The Hall–Kier alpha value is -1.09. The van der Waals surface area contributed by atoms with E-state index in [1.807, 2.05) is 6.07 Å². The maximum Gasteiger partial charge on any atom is 0.117 e. The highest BCUT2D eigenvalue weighted by atomic mass is 32.1. The molecule has 0 atom stereocenters. The summed E-state index contributed by atoms with van der Waals surface area (Å²) in [7, 11) is 0. The first-order valence-corrected chi connectivity index (χ1v) is 5.38. The second kappa shape index (κ2) is 2.95. The van der Waals surface area contributed by atoms with Crippen LogP contribution in [0.5, 0.6) is 5.75 Å². The van der Waals surface area contributed by atoms with Crippen molar-refractivity contribution < 1.29 is 5.11 Å². The van der Waals surface area contributed by atoms with Gasteiger partial charge < -0.3 is 5.11 Å². The summed E-state index contributed by atoms with van der Waals surface area (Å²) in [6.07, 6.45) is 0. The fourth-order valence-electron chi connectivity index (χ4n) is 1.23. The molecule has 2 nitrogen and oxygen atoms in total. The molecular weight excluding hydrogens is 194 g/mol. The topological polar surface area (TPSA) is 33.1 Å². The average molecular weight is 207 g/mol. The van der Waals surface area contributed by atoms with Crippen LogP contribution < -0.4 is 0 Å². The molecule has 0 unspecified atom stereocenters. The van der Waals surface area contributed by atoms with Crippen LogP contribution in [0.1, 0.15) is 25.8 Å². The van der Waals surface area contributed by atoms with Crippen molar-refractivity contribution in [2.24, 2.45) is 0 Å². The smallest absolute Gasteiger partial charge is 0.117 e. The Kier molecular flexibility index (Phi) is 2.00. The van der Waals surface area contributed by atoms with E-state index in [1.165, 1.54) is 0 Å². The highest BCUT2D eigenvalue weighted by Crippen LogP contribution is 2.32. The van der Waals surface area contributed by atoms with Crippen molar-refractivity contribution in [2.75, 3.05) is 0 Å². The molecule has 3 heteroatoms. The molecule has 0 fully saturated rings. The quantitative estimate of drug-likeness (QED) is 0.719. The fraction of sp³-hybridized carbons (Fsp3) is 0.364. The van der Waals surface area contributed by atoms with E-state index in [0.717, 1.165) is 15.2 Å². The molecule has 2 aromatic rings. The summed E-state index contributed by atoms with van der Waals surface area (Å²) in [5.74, 6) is 0.307. The van der Waals surface area contributed by atoms with Gasteiger partial charge in [-0.25, -0.2) is 4.98 Å². The van der Waals surface area contributed by atoms with Crippen molar-refractivity contribution in [3.8, 4) is 5.75 Å². The lowest BCUT2D eigenvalue weighted by molar-refractivity contribution is 0.476. The fourth-order valence-corrected chi connectivity index (χ4v) is 2.29. The minimum Gasteiger partial charge on any atom is -0.508 e. The zero-order chi connectivity index (χ0) is 10.3. The number of hydrogen-bond acceptors (Lipinski definition) is 3. The number of rotatable bonds is 0. The van der Waals surface area contributed by atoms with E-state index in [9.17, 15) is 5.11 Å². The Morgan fingerprint density at radius 2 is 2.00 bits per heavy atom. The van der Waals surface area contributed by atoms with Gasteiger partial charge >= 0.3 is 0 Å². The van der Waals surface area contributed by atoms with Crippen molar-refractivity contribution in [1.29, 1.82) is 0 Å². The minimum atomic E-state index is 0.0826. The predicted molar refractivity (Wildman–Crippen MR) is 60.0 cm³/mol. The third-order valence-corrected chi connectivity index (χ3v) is 3.46. The van der Waals surface area contributed by atoms with E-state index >= 15 is 0 Å². The van der Waals surface area contributed by atoms with Gasteiger partial charge in [0, 0.05) is 5.41 Å². The van der Waals surface area contributed by atoms with E-state index in [0.29, 0.717) is 5.75 Å². The average Bonchev–Trinajstić information content (AvgIpc) is 2.45. The number of phenolic OH excluding ortho intramolecular Hbond substituents is 1. The molecule has 0 aliphatic carbocycles. The number of aromatic hydroxyl groups is 1. The molecule has 0 aliphatic heterocycles. The van der Waals surface area contributed by atoms with Gasteiger partial charge in [0.2, 0.25) is 0 Å². The lowest BCUT2D eigenvalue weighted by Gasteiger charge is -2.13. The van der Waals surface area contributed by atoms with Gasteiger partial charge in [-0.15, -0.1) is 11.3 Å². The molecule has 0 saturated heterocycles. The molecule has 0 amide bonds. The number of hydrogen-bond donors (Lipinski definition) is 1. The number of nitrogens with zero attached hydrogens (tertiary/aromatic N) is 1. The zero-order valence-electron chi connectivity index (χ0n) is 8.53. The van der Waals surface area contributed by atoms with Gasteiger partial charge in [-0.1, -0.05) is 20.8 Å². The third-order valence-electron chi connectivity index (χ3n) is 2.01. The van der Waals surface area contributed by atoms with Crippen molar-refractivity contribution in [1.82, 2.24) is 4.98 Å². The molecule has 74 valence electrons. The number of thiazole rings is 1. The normalized spacial score (nSPS) is 12.2. The first-order chi connectivity index (χ1) is 6.47. The number of fused-ring (bicyclic) bond motifs is 1. The van der Waals surface area contributed by atoms with Crippen LogP contribution in [0.15, 0.2) is 18.2 Å². The predicted octanol–water partition coefficient (Wildman–Crippen LogP) is 3.30. The summed E-state index contributed by atoms with van der Waals surface area (Å²) in [5.41, 5.74) is 1.05. The first-order valence-electron chi connectivity index (χ1n) is 4.57. The maximum atomic E-state index is 9.32. The van der Waals surface area contributed by atoms with Crippen LogP contribution in [-0.2, 0) is 5.41 Å². The van der Waals surface area contributed by atoms with Crippen molar-refractivity contribution >= 4 is 21.6 Å². The third kappa shape index (κ3) is 1.60. The summed E-state index contributed by atoms with van der Waals surface area (Å²) in [6, 6.07) is 5.30. The van der Waals surface area contributed by atoms with Gasteiger partial charge in [-0.2, -0.15) is 0 Å². The van der Waals surface area contributed by atoms with Crippen LogP contribution >= 0.6 is 11.3 Å². The summed E-state index contributed by atoms with van der Waals surface area (Å²) in [4.78, 5) is 4.53. The Labute approximate surface area is 87.2 Å². The van der Waals surface area contributed by atoms with Crippen LogP contribution in [0, 0.1) is 0 Å². The van der Waals surface area contributed by atoms with Crippen molar-refractivity contribution in [2.45, 2.75) is 26.2 Å². The van der Waals surface area contributed by atoms with E-state index < -0.39 is 0 Å². The van der Waals surface area contributed by atoms with Crippen molar-refractivity contribution in [3.63, 3.8) is 0 Å². The molecule has 0 aliphatic rings. The molecule has 1 aromatic heterocycles. The standard InChI is InChI=1S/C11H13NOS/c1-11(2,3)10-12-8-5-4-7(13)6-9(8)14-10/h4-6,13H,1-3H3. The lowest BCUT2D eigenvalue weighted by atomic mass is 9.98. The molecule has 0 radical (unpaired) electrons. The van der Waals surface area contributed by atoms with Crippen LogP contribution in [-0.4, -0.2) is 10.1 Å². The van der Waals surface area contributed by atoms with E-state index in [1.54, 1.807) is 23.5 Å². The summed E-state index contributed by atoms with van der Waals surface area (Å²) < 4.78 is 1.05. The number of benzene rings is 1. The van der Waals surface area contributed by atoms with Gasteiger partial charge in [0.05, 0.1) is 15.2 Å². The molecule has 0 spiro atoms. The van der Waals surface area contributed by atoms with E-state index in [2.05, 4.69) is 25.8 Å². The highest BCUT2D eigenvalue weighted by molar-refractivity contribution is 7.18. The Morgan fingerprint density at radius 1 is 1.29 bits per heavy atom. The van der Waals surface area contributed by atoms with Gasteiger partial charge in [0.15, 0.2) is 0 Å². The summed E-state index contributed by atoms with van der Waals surface area (Å²) >= 11 is 1.65. The van der Waals surface area contributed by atoms with Crippen LogP contribution in [0.4, 0.5) is 0 Å². The molecule has 1 N–H and O–H groups in total. The van der Waals surface area contributed by atoms with Gasteiger partial charge in [-0.3, -0.25) is 0 Å². The Morgan fingerprint density at radius 3 is 2.64 bits per heavy atom. The number of aromatic nitrogens is 1. The second-order valence-corrected chi connectivity index (χ2v) is 5.45. The summed E-state index contributed by atoms with van der Waals surface area (Å²) in [6.45, 7) is 6.43. The minimum absolute atomic E-state index is 0.0826.